The fourth-order valence-electron chi connectivity index (χ4n) is 3.00. The van der Waals surface area contributed by atoms with E-state index in [1.54, 1.807) is 12.1 Å². The van der Waals surface area contributed by atoms with E-state index in [4.69, 9.17) is 11.6 Å². The highest BCUT2D eigenvalue weighted by Crippen LogP contribution is 2.19. The summed E-state index contributed by atoms with van der Waals surface area (Å²) in [6.07, 6.45) is 5.42. The van der Waals surface area contributed by atoms with E-state index in [2.05, 4.69) is 16.0 Å². The SMILES string of the molecule is CC(C)=CC(=O)NC1CCCCC1NC(=O)NCc1ccccc1Cl. The second kappa shape index (κ2) is 9.47. The molecule has 1 aromatic carbocycles. The van der Waals surface area contributed by atoms with Crippen molar-refractivity contribution in [1.29, 1.82) is 0 Å². The molecule has 2 atom stereocenters. The van der Waals surface area contributed by atoms with Gasteiger partial charge >= 0.3 is 6.03 Å². The molecule has 2 rings (SSSR count). The van der Waals surface area contributed by atoms with Crippen LogP contribution in [0.2, 0.25) is 5.02 Å². The van der Waals surface area contributed by atoms with E-state index in [0.29, 0.717) is 11.6 Å². The summed E-state index contributed by atoms with van der Waals surface area (Å²) >= 11 is 6.10. The van der Waals surface area contributed by atoms with E-state index in [-0.39, 0.29) is 24.0 Å². The van der Waals surface area contributed by atoms with Gasteiger partial charge in [-0.05, 0) is 38.3 Å². The maximum atomic E-state index is 12.2. The number of halogens is 1. The average Bonchev–Trinajstić information content (AvgIpc) is 2.55. The van der Waals surface area contributed by atoms with Crippen LogP contribution in [0.25, 0.3) is 0 Å². The third-order valence-corrected chi connectivity index (χ3v) is 4.60. The fourth-order valence-corrected chi connectivity index (χ4v) is 3.20. The zero-order valence-electron chi connectivity index (χ0n) is 14.8. The second-order valence-electron chi connectivity index (χ2n) is 6.65. The van der Waals surface area contributed by atoms with Crippen LogP contribution in [0.15, 0.2) is 35.9 Å². The normalized spacial score (nSPS) is 19.6. The molecule has 0 aromatic heterocycles. The number of carbonyl (C=O) groups excluding carboxylic acids is 2. The number of urea groups is 1. The van der Waals surface area contributed by atoms with Crippen molar-refractivity contribution in [3.8, 4) is 0 Å². The predicted octanol–water partition coefficient (Wildman–Crippen LogP) is 3.53. The van der Waals surface area contributed by atoms with Crippen LogP contribution in [-0.2, 0) is 11.3 Å². The summed E-state index contributed by atoms with van der Waals surface area (Å²) in [4.78, 5) is 24.2. The lowest BCUT2D eigenvalue weighted by Crippen LogP contribution is -2.54. The predicted molar refractivity (Wildman–Crippen MR) is 100 cm³/mol. The van der Waals surface area contributed by atoms with E-state index in [9.17, 15) is 9.59 Å². The lowest BCUT2D eigenvalue weighted by Gasteiger charge is -2.32. The van der Waals surface area contributed by atoms with Crippen LogP contribution in [0, 0.1) is 0 Å². The van der Waals surface area contributed by atoms with Gasteiger partial charge in [0.1, 0.15) is 0 Å². The molecule has 6 heteroatoms. The number of hydrogen-bond donors (Lipinski definition) is 3. The fraction of sp³-hybridized carbons (Fsp3) is 0.474. The molecule has 136 valence electrons. The average molecular weight is 364 g/mol. The Balaban J connectivity index is 1.87. The zero-order chi connectivity index (χ0) is 18.2. The van der Waals surface area contributed by atoms with Crippen LogP contribution in [0.3, 0.4) is 0 Å². The molecule has 1 aromatic rings. The third kappa shape index (κ3) is 6.42. The Morgan fingerprint density at radius 2 is 1.76 bits per heavy atom. The molecule has 1 aliphatic rings. The highest BCUT2D eigenvalue weighted by molar-refractivity contribution is 6.31. The molecule has 25 heavy (non-hydrogen) atoms. The van der Waals surface area contributed by atoms with Crippen molar-refractivity contribution in [2.75, 3.05) is 0 Å². The highest BCUT2D eigenvalue weighted by Gasteiger charge is 2.27. The largest absolute Gasteiger partial charge is 0.348 e. The van der Waals surface area contributed by atoms with E-state index in [1.807, 2.05) is 32.0 Å². The molecule has 0 saturated heterocycles. The van der Waals surface area contributed by atoms with Crippen LogP contribution in [0.1, 0.15) is 45.1 Å². The van der Waals surface area contributed by atoms with E-state index >= 15 is 0 Å². The molecular formula is C19H26ClN3O2. The van der Waals surface area contributed by atoms with Crippen molar-refractivity contribution >= 4 is 23.5 Å². The minimum absolute atomic E-state index is 0.0390. The summed E-state index contributed by atoms with van der Waals surface area (Å²) in [5.74, 6) is -0.102. The van der Waals surface area contributed by atoms with E-state index in [0.717, 1.165) is 36.8 Å². The van der Waals surface area contributed by atoms with Crippen LogP contribution in [-0.4, -0.2) is 24.0 Å². The van der Waals surface area contributed by atoms with Crippen molar-refractivity contribution in [2.24, 2.45) is 0 Å². The van der Waals surface area contributed by atoms with Gasteiger partial charge in [-0.1, -0.05) is 48.2 Å². The Kier molecular flexibility index (Phi) is 7.31. The molecule has 1 aliphatic carbocycles. The topological polar surface area (TPSA) is 70.2 Å². The smallest absolute Gasteiger partial charge is 0.315 e. The maximum absolute atomic E-state index is 12.2. The van der Waals surface area contributed by atoms with Gasteiger partial charge in [-0.15, -0.1) is 0 Å². The third-order valence-electron chi connectivity index (χ3n) is 4.23. The van der Waals surface area contributed by atoms with Crippen molar-refractivity contribution in [1.82, 2.24) is 16.0 Å². The molecule has 0 radical (unpaired) electrons. The Labute approximate surface area is 154 Å². The minimum atomic E-state index is -0.242. The molecule has 2 unspecified atom stereocenters. The zero-order valence-corrected chi connectivity index (χ0v) is 15.5. The molecule has 0 bridgehead atoms. The number of amides is 3. The Bertz CT molecular complexity index is 641. The molecule has 3 amide bonds. The lowest BCUT2D eigenvalue weighted by atomic mass is 9.90. The molecule has 0 spiro atoms. The summed E-state index contributed by atoms with van der Waals surface area (Å²) in [5, 5.41) is 9.46. The Hall–Kier alpha value is -2.01. The molecule has 1 fully saturated rings. The summed E-state index contributed by atoms with van der Waals surface area (Å²) in [6, 6.07) is 7.08. The van der Waals surface area contributed by atoms with Gasteiger partial charge < -0.3 is 16.0 Å². The molecule has 1 saturated carbocycles. The van der Waals surface area contributed by atoms with Crippen molar-refractivity contribution in [3.63, 3.8) is 0 Å². The first-order chi connectivity index (χ1) is 12.0. The standard InChI is InChI=1S/C19H26ClN3O2/c1-13(2)11-18(24)22-16-9-5-6-10-17(16)23-19(25)21-12-14-7-3-4-8-15(14)20/h3-4,7-8,11,16-17H,5-6,9-10,12H2,1-2H3,(H,22,24)(H2,21,23,25). The van der Waals surface area contributed by atoms with Crippen LogP contribution >= 0.6 is 11.6 Å². The Morgan fingerprint density at radius 3 is 2.40 bits per heavy atom. The van der Waals surface area contributed by atoms with Crippen LogP contribution < -0.4 is 16.0 Å². The number of allylic oxidation sites excluding steroid dienone is 1. The van der Waals surface area contributed by atoms with Crippen molar-refractivity contribution in [3.05, 3.63) is 46.5 Å². The maximum Gasteiger partial charge on any atom is 0.315 e. The van der Waals surface area contributed by atoms with E-state index in [1.165, 1.54) is 0 Å². The molecule has 0 heterocycles. The number of nitrogens with one attached hydrogen (secondary N) is 3. The monoisotopic (exact) mass is 363 g/mol. The number of hydrogen-bond acceptors (Lipinski definition) is 2. The molecule has 5 nitrogen and oxygen atoms in total. The van der Waals surface area contributed by atoms with Gasteiger partial charge in [0, 0.05) is 23.7 Å². The van der Waals surface area contributed by atoms with Gasteiger partial charge in [0.25, 0.3) is 0 Å². The first-order valence-corrected chi connectivity index (χ1v) is 9.06. The first-order valence-electron chi connectivity index (χ1n) is 8.69. The van der Waals surface area contributed by atoms with Crippen molar-refractivity contribution < 1.29 is 9.59 Å². The molecule has 0 aliphatic heterocycles. The number of benzene rings is 1. The van der Waals surface area contributed by atoms with Crippen LogP contribution in [0.4, 0.5) is 4.79 Å². The Morgan fingerprint density at radius 1 is 1.12 bits per heavy atom. The summed E-state index contributed by atoms with van der Waals surface area (Å²) in [6.45, 7) is 4.14. The van der Waals surface area contributed by atoms with Gasteiger partial charge in [-0.3, -0.25) is 4.79 Å². The van der Waals surface area contributed by atoms with Gasteiger partial charge in [-0.2, -0.15) is 0 Å². The van der Waals surface area contributed by atoms with Gasteiger partial charge in [-0.25, -0.2) is 4.79 Å². The second-order valence-corrected chi connectivity index (χ2v) is 7.05. The lowest BCUT2D eigenvalue weighted by molar-refractivity contribution is -0.117. The van der Waals surface area contributed by atoms with Gasteiger partial charge in [0.2, 0.25) is 5.91 Å². The van der Waals surface area contributed by atoms with Gasteiger partial charge in [0.05, 0.1) is 6.04 Å². The number of rotatable bonds is 5. The summed E-state index contributed by atoms with van der Waals surface area (Å²) in [5.41, 5.74) is 1.83. The van der Waals surface area contributed by atoms with Gasteiger partial charge in [0.15, 0.2) is 0 Å². The highest BCUT2D eigenvalue weighted by atomic mass is 35.5. The first kappa shape index (κ1) is 19.3. The van der Waals surface area contributed by atoms with Crippen molar-refractivity contribution in [2.45, 2.75) is 58.2 Å². The minimum Gasteiger partial charge on any atom is -0.348 e. The molecule has 3 N–H and O–H groups in total. The number of carbonyl (C=O) groups is 2. The summed E-state index contributed by atoms with van der Waals surface area (Å²) in [7, 11) is 0. The summed E-state index contributed by atoms with van der Waals surface area (Å²) < 4.78 is 0. The van der Waals surface area contributed by atoms with E-state index < -0.39 is 0 Å². The molecular weight excluding hydrogens is 338 g/mol. The quantitative estimate of drug-likeness (QED) is 0.700. The van der Waals surface area contributed by atoms with Crippen LogP contribution in [0.5, 0.6) is 0 Å².